The number of fused-ring (bicyclic) bond motifs is 2. The van der Waals surface area contributed by atoms with E-state index in [0.29, 0.717) is 6.42 Å². The monoisotopic (exact) mass is 502 g/mol. The number of hydrogen-bond acceptors (Lipinski definition) is 5. The lowest BCUT2D eigenvalue weighted by molar-refractivity contribution is 0.145. The molecule has 1 unspecified atom stereocenters. The molecule has 38 heavy (non-hydrogen) atoms. The molecule has 0 fully saturated rings. The number of anilines is 1. The van der Waals surface area contributed by atoms with Gasteiger partial charge in [0.2, 0.25) is 0 Å². The van der Waals surface area contributed by atoms with E-state index in [1.54, 1.807) is 12.4 Å². The quantitative estimate of drug-likeness (QED) is 0.184. The third kappa shape index (κ3) is 4.76. The normalized spacial score (nSPS) is 12.7. The van der Waals surface area contributed by atoms with E-state index in [1.807, 2.05) is 30.6 Å². The lowest BCUT2D eigenvalue weighted by atomic mass is 9.91. The number of benzene rings is 2. The molecule has 7 heteroatoms. The van der Waals surface area contributed by atoms with Crippen LogP contribution in [0.3, 0.4) is 0 Å². The topological polar surface area (TPSA) is 103 Å². The average molecular weight is 503 g/mol. The van der Waals surface area contributed by atoms with Crippen molar-refractivity contribution in [2.45, 2.75) is 33.4 Å². The molecule has 0 aliphatic carbocycles. The first-order valence-corrected chi connectivity index (χ1v) is 12.7. The highest BCUT2D eigenvalue weighted by Gasteiger charge is 2.17. The van der Waals surface area contributed by atoms with E-state index in [-0.39, 0.29) is 5.41 Å². The fourth-order valence-electron chi connectivity index (χ4n) is 4.96. The number of rotatable bonds is 6. The van der Waals surface area contributed by atoms with E-state index in [0.717, 1.165) is 61.1 Å². The maximum Gasteiger partial charge on any atom is 0.125 e. The third-order valence-electron chi connectivity index (χ3n) is 6.67. The molecule has 0 saturated heterocycles. The molecule has 0 bridgehead atoms. The first-order chi connectivity index (χ1) is 18.3. The lowest BCUT2D eigenvalue weighted by Gasteiger charge is -2.23. The van der Waals surface area contributed by atoms with Crippen LogP contribution in [-0.2, 0) is 0 Å². The van der Waals surface area contributed by atoms with E-state index >= 15 is 0 Å². The van der Waals surface area contributed by atoms with Crippen LogP contribution in [-0.4, -0.2) is 36.5 Å². The van der Waals surface area contributed by atoms with E-state index in [4.69, 9.17) is 0 Å². The Morgan fingerprint density at radius 3 is 2.53 bits per heavy atom. The van der Waals surface area contributed by atoms with Crippen molar-refractivity contribution in [1.82, 2.24) is 25.1 Å². The van der Waals surface area contributed by atoms with Gasteiger partial charge in [0.05, 0.1) is 23.1 Å². The molecule has 0 saturated carbocycles. The smallest absolute Gasteiger partial charge is 0.125 e. The van der Waals surface area contributed by atoms with Gasteiger partial charge in [-0.05, 0) is 59.4 Å². The summed E-state index contributed by atoms with van der Waals surface area (Å²) < 4.78 is 0. The van der Waals surface area contributed by atoms with Crippen LogP contribution in [0.4, 0.5) is 5.69 Å². The van der Waals surface area contributed by atoms with Crippen molar-refractivity contribution in [3.05, 3.63) is 85.5 Å². The van der Waals surface area contributed by atoms with E-state index in [1.165, 1.54) is 0 Å². The molecule has 7 nitrogen and oxygen atoms in total. The van der Waals surface area contributed by atoms with Crippen LogP contribution in [0.5, 0.6) is 0 Å². The van der Waals surface area contributed by atoms with Crippen molar-refractivity contribution in [1.29, 1.82) is 0 Å². The summed E-state index contributed by atoms with van der Waals surface area (Å²) in [6.07, 6.45) is 7.24. The Morgan fingerprint density at radius 1 is 0.842 bits per heavy atom. The number of aromatic amines is 2. The van der Waals surface area contributed by atoms with Gasteiger partial charge in [0.25, 0.3) is 0 Å². The molecule has 6 rings (SSSR count). The zero-order valence-electron chi connectivity index (χ0n) is 21.7. The number of nitrogens with zero attached hydrogens (tertiary/aromatic N) is 3. The van der Waals surface area contributed by atoms with Gasteiger partial charge in [-0.15, -0.1) is 0 Å². The molecule has 2 aromatic carbocycles. The van der Waals surface area contributed by atoms with Gasteiger partial charge in [0.15, 0.2) is 0 Å². The fraction of sp³-hybridized carbons (Fsp3) is 0.194. The number of nitrogens with one attached hydrogen (secondary N) is 3. The molecule has 0 radical (unpaired) electrons. The van der Waals surface area contributed by atoms with Crippen LogP contribution < -0.4 is 5.32 Å². The Balaban J connectivity index is 1.36. The summed E-state index contributed by atoms with van der Waals surface area (Å²) >= 11 is 0. The Hall–Kier alpha value is -4.49. The Bertz CT molecular complexity index is 1730. The van der Waals surface area contributed by atoms with Crippen LogP contribution in [0, 0.1) is 5.41 Å². The van der Waals surface area contributed by atoms with Gasteiger partial charge >= 0.3 is 0 Å². The predicted octanol–water partition coefficient (Wildman–Crippen LogP) is 7.00. The maximum atomic E-state index is 10.5. The van der Waals surface area contributed by atoms with Crippen molar-refractivity contribution >= 4 is 27.5 Å². The fourth-order valence-corrected chi connectivity index (χ4v) is 4.96. The molecule has 6 aromatic rings. The standard InChI is InChI=1S/C31H30N6O/c1-31(2,3)15-29(38)34-22-12-21(17-33-18-22)19-9-10-27-25(13-19)30(37-36-27)28-14-24-23(7-4-8-26(24)35-28)20-6-5-11-32-16-20/h4-14,16-18,29,34-35,38H,15H2,1-3H3,(H,36,37). The van der Waals surface area contributed by atoms with Gasteiger partial charge in [0, 0.05) is 46.0 Å². The van der Waals surface area contributed by atoms with E-state index in [2.05, 4.69) is 93.7 Å². The Kier molecular flexibility index (Phi) is 5.93. The highest BCUT2D eigenvalue weighted by Crippen LogP contribution is 2.35. The summed E-state index contributed by atoms with van der Waals surface area (Å²) in [5, 5.41) is 23.6. The van der Waals surface area contributed by atoms with Gasteiger partial charge in [-0.25, -0.2) is 0 Å². The van der Waals surface area contributed by atoms with Gasteiger partial charge in [0.1, 0.15) is 11.9 Å². The number of aromatic nitrogens is 5. The molecule has 0 amide bonds. The number of aliphatic hydroxyl groups is 1. The summed E-state index contributed by atoms with van der Waals surface area (Å²) in [7, 11) is 0. The first kappa shape index (κ1) is 23.9. The second-order valence-corrected chi connectivity index (χ2v) is 10.9. The molecule has 0 spiro atoms. The van der Waals surface area contributed by atoms with Crippen LogP contribution in [0.2, 0.25) is 0 Å². The minimum Gasteiger partial charge on any atom is -0.374 e. The van der Waals surface area contributed by atoms with Crippen LogP contribution in [0.1, 0.15) is 27.2 Å². The van der Waals surface area contributed by atoms with Crippen molar-refractivity contribution < 1.29 is 5.11 Å². The number of aliphatic hydroxyl groups excluding tert-OH is 1. The van der Waals surface area contributed by atoms with Gasteiger partial charge in [-0.3, -0.25) is 15.1 Å². The van der Waals surface area contributed by atoms with Crippen molar-refractivity contribution in [2.24, 2.45) is 5.41 Å². The highest BCUT2D eigenvalue weighted by atomic mass is 16.3. The summed E-state index contributed by atoms with van der Waals surface area (Å²) in [5.41, 5.74) is 8.79. The van der Waals surface area contributed by atoms with Gasteiger partial charge in [-0.2, -0.15) is 5.10 Å². The van der Waals surface area contributed by atoms with Crippen molar-refractivity contribution in [3.8, 4) is 33.6 Å². The molecular formula is C31H30N6O. The largest absolute Gasteiger partial charge is 0.374 e. The second-order valence-electron chi connectivity index (χ2n) is 10.9. The molecule has 190 valence electrons. The maximum absolute atomic E-state index is 10.5. The molecule has 4 aromatic heterocycles. The molecule has 4 N–H and O–H groups in total. The molecule has 0 aliphatic heterocycles. The molecule has 4 heterocycles. The lowest BCUT2D eigenvalue weighted by Crippen LogP contribution is -2.25. The van der Waals surface area contributed by atoms with E-state index in [9.17, 15) is 5.11 Å². The zero-order valence-corrected chi connectivity index (χ0v) is 21.7. The van der Waals surface area contributed by atoms with Crippen molar-refractivity contribution in [2.75, 3.05) is 5.32 Å². The SMILES string of the molecule is CC(C)(C)CC(O)Nc1cncc(-c2ccc3[nH]nc(-c4cc5c(-c6cccnc6)cccc5[nH]4)c3c2)c1. The second kappa shape index (κ2) is 9.43. The van der Waals surface area contributed by atoms with Crippen LogP contribution in [0.25, 0.3) is 55.4 Å². The summed E-state index contributed by atoms with van der Waals surface area (Å²) in [5.74, 6) is 0. The third-order valence-corrected chi connectivity index (χ3v) is 6.67. The molecule has 0 aliphatic rings. The summed E-state index contributed by atoms with van der Waals surface area (Å²) in [4.78, 5) is 12.3. The number of hydrogen-bond donors (Lipinski definition) is 4. The first-order valence-electron chi connectivity index (χ1n) is 12.7. The van der Waals surface area contributed by atoms with Crippen LogP contribution >= 0.6 is 0 Å². The van der Waals surface area contributed by atoms with Crippen molar-refractivity contribution in [3.63, 3.8) is 0 Å². The minimum absolute atomic E-state index is 0.0154. The predicted molar refractivity (Wildman–Crippen MR) is 154 cm³/mol. The summed E-state index contributed by atoms with van der Waals surface area (Å²) in [6, 6.07) is 20.7. The zero-order chi connectivity index (χ0) is 26.3. The summed E-state index contributed by atoms with van der Waals surface area (Å²) in [6.45, 7) is 6.32. The Morgan fingerprint density at radius 2 is 1.71 bits per heavy atom. The Labute approximate surface area is 221 Å². The molecule has 1 atom stereocenters. The van der Waals surface area contributed by atoms with E-state index < -0.39 is 6.23 Å². The number of pyridine rings is 2. The van der Waals surface area contributed by atoms with Crippen LogP contribution in [0.15, 0.2) is 85.5 Å². The highest BCUT2D eigenvalue weighted by molar-refractivity contribution is 6.01. The minimum atomic E-state index is -0.645. The van der Waals surface area contributed by atoms with Gasteiger partial charge in [-0.1, -0.05) is 45.0 Å². The number of H-pyrrole nitrogens is 2. The van der Waals surface area contributed by atoms with Gasteiger partial charge < -0.3 is 15.4 Å². The molecular weight excluding hydrogens is 472 g/mol. The average Bonchev–Trinajstić information content (AvgIpc) is 3.51.